The van der Waals surface area contributed by atoms with Crippen LogP contribution in [0.15, 0.2) is 55.0 Å². The van der Waals surface area contributed by atoms with E-state index in [2.05, 4.69) is 38.6 Å². The highest BCUT2D eigenvalue weighted by Crippen LogP contribution is 2.24. The Balaban J connectivity index is 1.66. The molecule has 2 heterocycles. The minimum Gasteiger partial charge on any atom is -0.345 e. The summed E-state index contributed by atoms with van der Waals surface area (Å²) in [4.78, 5) is 24.9. The lowest BCUT2D eigenvalue weighted by molar-refractivity contribution is 0.0945. The molecule has 6 heteroatoms. The summed E-state index contributed by atoms with van der Waals surface area (Å²) in [5.74, 6) is 0.329. The summed E-state index contributed by atoms with van der Waals surface area (Å²) < 4.78 is 0. The molecule has 26 heavy (non-hydrogen) atoms. The third-order valence-electron chi connectivity index (χ3n) is 4.03. The molecule has 1 amide bonds. The zero-order valence-electron chi connectivity index (χ0n) is 14.9. The number of para-hydroxylation sites is 1. The predicted molar refractivity (Wildman–Crippen MR) is 101 cm³/mol. The molecule has 132 valence electrons. The van der Waals surface area contributed by atoms with Crippen molar-refractivity contribution in [1.82, 2.24) is 20.3 Å². The van der Waals surface area contributed by atoms with Crippen LogP contribution in [0.2, 0.25) is 0 Å². The Kier molecular flexibility index (Phi) is 5.53. The second-order valence-electron chi connectivity index (χ2n) is 5.88. The highest BCUT2D eigenvalue weighted by atomic mass is 16.1. The first-order chi connectivity index (χ1) is 12.7. The van der Waals surface area contributed by atoms with Crippen LogP contribution in [0.4, 0.5) is 11.5 Å². The summed E-state index contributed by atoms with van der Waals surface area (Å²) in [5.41, 5.74) is 4.45. The summed E-state index contributed by atoms with van der Waals surface area (Å²) in [7, 11) is 0. The number of aromatic nitrogens is 3. The van der Waals surface area contributed by atoms with E-state index in [0.29, 0.717) is 12.4 Å². The number of hydrogen-bond donors (Lipinski definition) is 2. The number of carbonyl (C=O) groups excluding carboxylic acids is 1. The standard InChI is InChI=1S/C20H21N5O/c1-3-15-8-6-7-14(2)19(15)25-18-13-22-17(12-23-18)20(26)24-11-16-9-4-5-10-21-16/h4-10,12-13H,3,11H2,1-2H3,(H,23,25)(H,24,26). The highest BCUT2D eigenvalue weighted by molar-refractivity contribution is 5.92. The van der Waals surface area contributed by atoms with Crippen LogP contribution in [0.25, 0.3) is 0 Å². The Hall–Kier alpha value is -3.28. The van der Waals surface area contributed by atoms with Gasteiger partial charge in [-0.15, -0.1) is 0 Å². The van der Waals surface area contributed by atoms with Gasteiger partial charge in [-0.2, -0.15) is 0 Å². The SMILES string of the molecule is CCc1cccc(C)c1Nc1cnc(C(=O)NCc2ccccn2)cn1. The van der Waals surface area contributed by atoms with Crippen molar-refractivity contribution < 1.29 is 4.79 Å². The lowest BCUT2D eigenvalue weighted by Crippen LogP contribution is -2.24. The quantitative estimate of drug-likeness (QED) is 0.714. The van der Waals surface area contributed by atoms with Gasteiger partial charge >= 0.3 is 0 Å². The largest absolute Gasteiger partial charge is 0.345 e. The maximum absolute atomic E-state index is 12.2. The zero-order chi connectivity index (χ0) is 18.4. The van der Waals surface area contributed by atoms with Crippen molar-refractivity contribution in [1.29, 1.82) is 0 Å². The van der Waals surface area contributed by atoms with Crippen molar-refractivity contribution in [2.45, 2.75) is 26.8 Å². The number of aryl methyl sites for hydroxylation is 2. The molecule has 1 aromatic carbocycles. The van der Waals surface area contributed by atoms with Gasteiger partial charge in [-0.1, -0.05) is 31.2 Å². The van der Waals surface area contributed by atoms with Crippen LogP contribution in [0.5, 0.6) is 0 Å². The van der Waals surface area contributed by atoms with E-state index in [0.717, 1.165) is 23.4 Å². The van der Waals surface area contributed by atoms with Crippen molar-refractivity contribution >= 4 is 17.4 Å². The maximum atomic E-state index is 12.2. The Labute approximate surface area is 152 Å². The summed E-state index contributed by atoms with van der Waals surface area (Å²) in [6.07, 6.45) is 5.66. The van der Waals surface area contributed by atoms with E-state index in [1.54, 1.807) is 12.4 Å². The summed E-state index contributed by atoms with van der Waals surface area (Å²) in [5, 5.41) is 6.09. The molecule has 0 radical (unpaired) electrons. The van der Waals surface area contributed by atoms with Crippen LogP contribution in [-0.2, 0) is 13.0 Å². The van der Waals surface area contributed by atoms with Crippen molar-refractivity contribution in [2.24, 2.45) is 0 Å². The predicted octanol–water partition coefficient (Wildman–Crippen LogP) is 3.42. The molecule has 0 aliphatic heterocycles. The summed E-state index contributed by atoms with van der Waals surface area (Å²) in [6.45, 7) is 4.51. The molecule has 0 atom stereocenters. The summed E-state index contributed by atoms with van der Waals surface area (Å²) in [6, 6.07) is 11.7. The third kappa shape index (κ3) is 4.22. The molecule has 0 aliphatic carbocycles. The molecule has 3 aromatic rings. The second kappa shape index (κ2) is 8.20. The van der Waals surface area contributed by atoms with E-state index in [-0.39, 0.29) is 11.6 Å². The number of nitrogens with one attached hydrogen (secondary N) is 2. The lowest BCUT2D eigenvalue weighted by Gasteiger charge is -2.13. The average Bonchev–Trinajstić information content (AvgIpc) is 2.69. The first-order valence-corrected chi connectivity index (χ1v) is 8.53. The number of pyridine rings is 1. The van der Waals surface area contributed by atoms with Gasteiger partial charge in [0.25, 0.3) is 5.91 Å². The minimum atomic E-state index is -0.278. The number of benzene rings is 1. The zero-order valence-corrected chi connectivity index (χ0v) is 14.9. The van der Waals surface area contributed by atoms with E-state index < -0.39 is 0 Å². The Morgan fingerprint density at radius 2 is 1.92 bits per heavy atom. The second-order valence-corrected chi connectivity index (χ2v) is 5.88. The average molecular weight is 347 g/mol. The lowest BCUT2D eigenvalue weighted by atomic mass is 10.1. The number of hydrogen-bond acceptors (Lipinski definition) is 5. The molecule has 0 spiro atoms. The topological polar surface area (TPSA) is 79.8 Å². The van der Waals surface area contributed by atoms with Gasteiger partial charge in [-0.25, -0.2) is 9.97 Å². The fourth-order valence-corrected chi connectivity index (χ4v) is 2.60. The molecular formula is C20H21N5O. The van der Waals surface area contributed by atoms with E-state index >= 15 is 0 Å². The molecular weight excluding hydrogens is 326 g/mol. The van der Waals surface area contributed by atoms with Crippen LogP contribution < -0.4 is 10.6 Å². The monoisotopic (exact) mass is 347 g/mol. The van der Waals surface area contributed by atoms with E-state index in [1.807, 2.05) is 37.3 Å². The molecule has 0 unspecified atom stereocenters. The number of rotatable bonds is 6. The Bertz CT molecular complexity index is 878. The van der Waals surface area contributed by atoms with Crippen LogP contribution in [-0.4, -0.2) is 20.9 Å². The number of anilines is 2. The van der Waals surface area contributed by atoms with Gasteiger partial charge < -0.3 is 10.6 Å². The van der Waals surface area contributed by atoms with Crippen molar-refractivity contribution in [3.63, 3.8) is 0 Å². The molecule has 2 aromatic heterocycles. The van der Waals surface area contributed by atoms with Crippen molar-refractivity contribution in [3.8, 4) is 0 Å². The van der Waals surface area contributed by atoms with Crippen LogP contribution in [0.3, 0.4) is 0 Å². The maximum Gasteiger partial charge on any atom is 0.271 e. The van der Waals surface area contributed by atoms with Gasteiger partial charge in [0, 0.05) is 11.9 Å². The number of nitrogens with zero attached hydrogens (tertiary/aromatic N) is 3. The normalized spacial score (nSPS) is 10.4. The number of amides is 1. The molecule has 3 rings (SSSR count). The van der Waals surface area contributed by atoms with Crippen LogP contribution >= 0.6 is 0 Å². The van der Waals surface area contributed by atoms with E-state index in [4.69, 9.17) is 0 Å². The first kappa shape index (κ1) is 17.5. The van der Waals surface area contributed by atoms with E-state index in [9.17, 15) is 4.79 Å². The smallest absolute Gasteiger partial charge is 0.271 e. The molecule has 0 fully saturated rings. The summed E-state index contributed by atoms with van der Waals surface area (Å²) >= 11 is 0. The number of carbonyl (C=O) groups is 1. The van der Waals surface area contributed by atoms with Gasteiger partial charge in [0.2, 0.25) is 0 Å². The Morgan fingerprint density at radius 3 is 2.62 bits per heavy atom. The fourth-order valence-electron chi connectivity index (χ4n) is 2.60. The van der Waals surface area contributed by atoms with Gasteiger partial charge in [-0.3, -0.25) is 9.78 Å². The van der Waals surface area contributed by atoms with Crippen LogP contribution in [0, 0.1) is 6.92 Å². The molecule has 0 saturated carbocycles. The molecule has 6 nitrogen and oxygen atoms in total. The van der Waals surface area contributed by atoms with Gasteiger partial charge in [0.1, 0.15) is 11.5 Å². The fraction of sp³-hybridized carbons (Fsp3) is 0.200. The molecule has 0 bridgehead atoms. The Morgan fingerprint density at radius 1 is 1.04 bits per heavy atom. The molecule has 2 N–H and O–H groups in total. The molecule has 0 aliphatic rings. The van der Waals surface area contributed by atoms with Crippen LogP contribution in [0.1, 0.15) is 34.2 Å². The first-order valence-electron chi connectivity index (χ1n) is 8.53. The minimum absolute atomic E-state index is 0.270. The van der Waals surface area contributed by atoms with Crippen molar-refractivity contribution in [3.05, 3.63) is 77.5 Å². The highest BCUT2D eigenvalue weighted by Gasteiger charge is 2.10. The van der Waals surface area contributed by atoms with E-state index in [1.165, 1.54) is 11.8 Å². The van der Waals surface area contributed by atoms with Crippen molar-refractivity contribution in [2.75, 3.05) is 5.32 Å². The van der Waals surface area contributed by atoms with Gasteiger partial charge in [0.05, 0.1) is 24.6 Å². The third-order valence-corrected chi connectivity index (χ3v) is 4.03. The van der Waals surface area contributed by atoms with Gasteiger partial charge in [-0.05, 0) is 36.6 Å². The van der Waals surface area contributed by atoms with Gasteiger partial charge in [0.15, 0.2) is 0 Å². The molecule has 0 saturated heterocycles.